The van der Waals surface area contributed by atoms with E-state index in [1.165, 1.54) is 0 Å². The Morgan fingerprint density at radius 2 is 2.17 bits per heavy atom. The smallest absolute Gasteiger partial charge is 0.150 e. The van der Waals surface area contributed by atoms with Crippen molar-refractivity contribution < 1.29 is 0 Å². The molecule has 0 amide bonds. The van der Waals surface area contributed by atoms with Crippen LogP contribution in [-0.2, 0) is 12.8 Å². The van der Waals surface area contributed by atoms with Crippen LogP contribution in [0.4, 0.5) is 0 Å². The van der Waals surface area contributed by atoms with Gasteiger partial charge in [-0.2, -0.15) is 5.10 Å². The Hall–Kier alpha value is -1.75. The lowest BCUT2D eigenvalue weighted by molar-refractivity contribution is 0.670. The third kappa shape index (κ3) is 3.92. The number of rotatable bonds is 7. The van der Waals surface area contributed by atoms with Crippen LogP contribution >= 0.6 is 0 Å². The van der Waals surface area contributed by atoms with Crippen LogP contribution in [0.3, 0.4) is 0 Å². The lowest BCUT2D eigenvalue weighted by atomic mass is 10.2. The van der Waals surface area contributed by atoms with Crippen molar-refractivity contribution in [2.45, 2.75) is 32.1 Å². The molecule has 0 radical (unpaired) electrons. The fourth-order valence-corrected chi connectivity index (χ4v) is 1.83. The van der Waals surface area contributed by atoms with Crippen LogP contribution in [0.1, 0.15) is 36.5 Å². The number of aromatic amines is 1. The molecule has 18 heavy (non-hydrogen) atoms. The maximum absolute atomic E-state index is 5.45. The van der Waals surface area contributed by atoms with E-state index in [0.717, 1.165) is 55.9 Å². The highest BCUT2D eigenvalue weighted by Gasteiger charge is 2.04. The highest BCUT2D eigenvalue weighted by molar-refractivity contribution is 5.13. The number of unbranched alkanes of at least 4 members (excludes halogenated alkanes) is 2. The predicted octanol–water partition coefficient (Wildman–Crippen LogP) is 1.46. The summed E-state index contributed by atoms with van der Waals surface area (Å²) in [7, 11) is 0. The highest BCUT2D eigenvalue weighted by atomic mass is 15.2. The Morgan fingerprint density at radius 3 is 2.94 bits per heavy atom. The molecule has 0 aliphatic rings. The summed E-state index contributed by atoms with van der Waals surface area (Å²) in [5, 5.41) is 7.20. The molecule has 2 heterocycles. The summed E-state index contributed by atoms with van der Waals surface area (Å²) < 4.78 is 0. The second kappa shape index (κ2) is 6.86. The van der Waals surface area contributed by atoms with Gasteiger partial charge >= 0.3 is 0 Å². The monoisotopic (exact) mass is 245 g/mol. The molecule has 2 aromatic rings. The first kappa shape index (κ1) is 12.7. The van der Waals surface area contributed by atoms with Crippen molar-refractivity contribution in [2.75, 3.05) is 6.54 Å². The summed E-state index contributed by atoms with van der Waals surface area (Å²) in [5.74, 6) is 1.79. The predicted molar refractivity (Wildman–Crippen MR) is 70.0 cm³/mol. The minimum Gasteiger partial charge on any atom is -0.330 e. The van der Waals surface area contributed by atoms with E-state index < -0.39 is 0 Å². The maximum Gasteiger partial charge on any atom is 0.150 e. The minimum absolute atomic E-state index is 0.754. The second-order valence-electron chi connectivity index (χ2n) is 4.34. The number of nitrogens with two attached hydrogens (primary N) is 1. The van der Waals surface area contributed by atoms with Crippen LogP contribution in [0, 0.1) is 0 Å². The van der Waals surface area contributed by atoms with E-state index in [4.69, 9.17) is 5.73 Å². The zero-order valence-electron chi connectivity index (χ0n) is 10.5. The van der Waals surface area contributed by atoms with E-state index >= 15 is 0 Å². The summed E-state index contributed by atoms with van der Waals surface area (Å²) >= 11 is 0. The first-order valence-electron chi connectivity index (χ1n) is 6.37. The normalized spacial score (nSPS) is 10.7. The molecule has 0 bridgehead atoms. The molecule has 5 heteroatoms. The van der Waals surface area contributed by atoms with Gasteiger partial charge in [0.05, 0.1) is 0 Å². The van der Waals surface area contributed by atoms with Crippen LogP contribution in [0.2, 0.25) is 0 Å². The molecule has 0 saturated heterocycles. The van der Waals surface area contributed by atoms with Crippen LogP contribution in [0.15, 0.2) is 24.5 Å². The number of hydrogen-bond acceptors (Lipinski definition) is 4. The summed E-state index contributed by atoms with van der Waals surface area (Å²) in [6, 6.07) is 3.97. The largest absolute Gasteiger partial charge is 0.330 e. The number of aromatic nitrogens is 4. The first-order chi connectivity index (χ1) is 8.88. The maximum atomic E-state index is 5.45. The lowest BCUT2D eigenvalue weighted by Gasteiger charge is -1.96. The molecule has 3 N–H and O–H groups in total. The first-order valence-corrected chi connectivity index (χ1v) is 6.37. The minimum atomic E-state index is 0.754. The molecule has 0 aromatic carbocycles. The molecule has 2 aromatic heterocycles. The van der Waals surface area contributed by atoms with Crippen molar-refractivity contribution in [3.05, 3.63) is 41.7 Å². The molecular weight excluding hydrogens is 226 g/mol. The van der Waals surface area contributed by atoms with Gasteiger partial charge in [0.15, 0.2) is 5.82 Å². The number of nitrogens with zero attached hydrogens (tertiary/aromatic N) is 3. The van der Waals surface area contributed by atoms with Gasteiger partial charge < -0.3 is 5.73 Å². The fourth-order valence-electron chi connectivity index (χ4n) is 1.83. The SMILES string of the molecule is NCCCCCc1n[nH]c(Cc2cccnc2)n1. The third-order valence-corrected chi connectivity index (χ3v) is 2.78. The van der Waals surface area contributed by atoms with Crippen molar-refractivity contribution in [1.82, 2.24) is 20.2 Å². The molecule has 0 aliphatic heterocycles. The quantitative estimate of drug-likeness (QED) is 0.724. The summed E-state index contributed by atoms with van der Waals surface area (Å²) in [4.78, 5) is 8.56. The van der Waals surface area contributed by atoms with Crippen molar-refractivity contribution in [2.24, 2.45) is 5.73 Å². The zero-order valence-corrected chi connectivity index (χ0v) is 10.5. The van der Waals surface area contributed by atoms with Gasteiger partial charge in [-0.3, -0.25) is 10.1 Å². The van der Waals surface area contributed by atoms with Gasteiger partial charge in [-0.1, -0.05) is 12.5 Å². The van der Waals surface area contributed by atoms with Crippen molar-refractivity contribution in [3.8, 4) is 0 Å². The lowest BCUT2D eigenvalue weighted by Crippen LogP contribution is -1.98. The average Bonchev–Trinajstić information content (AvgIpc) is 2.84. The van der Waals surface area contributed by atoms with Gasteiger partial charge in [-0.25, -0.2) is 4.98 Å². The van der Waals surface area contributed by atoms with Gasteiger partial charge in [0, 0.05) is 25.2 Å². The van der Waals surface area contributed by atoms with E-state index in [2.05, 4.69) is 20.2 Å². The van der Waals surface area contributed by atoms with Crippen LogP contribution in [0.25, 0.3) is 0 Å². The standard InChI is InChI=1S/C13H19N5/c14-7-3-1-2-6-12-16-13(18-17-12)9-11-5-4-8-15-10-11/h4-5,8,10H,1-3,6-7,9,14H2,(H,16,17,18). The molecule has 0 atom stereocenters. The molecule has 0 saturated carbocycles. The summed E-state index contributed by atoms with van der Waals surface area (Å²) in [6.07, 6.45) is 8.61. The van der Waals surface area contributed by atoms with Crippen LogP contribution in [-0.4, -0.2) is 26.7 Å². The fraction of sp³-hybridized carbons (Fsp3) is 0.462. The van der Waals surface area contributed by atoms with E-state index in [-0.39, 0.29) is 0 Å². The van der Waals surface area contributed by atoms with E-state index in [0.29, 0.717) is 0 Å². The Bertz CT molecular complexity index is 451. The Kier molecular flexibility index (Phi) is 4.84. The van der Waals surface area contributed by atoms with Gasteiger partial charge in [0.2, 0.25) is 0 Å². The topological polar surface area (TPSA) is 80.5 Å². The van der Waals surface area contributed by atoms with Crippen molar-refractivity contribution in [3.63, 3.8) is 0 Å². The molecule has 0 aliphatic carbocycles. The molecule has 0 fully saturated rings. The molecule has 0 spiro atoms. The number of hydrogen-bond donors (Lipinski definition) is 2. The third-order valence-electron chi connectivity index (χ3n) is 2.78. The Morgan fingerprint density at radius 1 is 1.22 bits per heavy atom. The van der Waals surface area contributed by atoms with Gasteiger partial charge in [-0.15, -0.1) is 0 Å². The van der Waals surface area contributed by atoms with Crippen molar-refractivity contribution >= 4 is 0 Å². The van der Waals surface area contributed by atoms with Crippen LogP contribution < -0.4 is 5.73 Å². The molecule has 96 valence electrons. The molecule has 0 unspecified atom stereocenters. The van der Waals surface area contributed by atoms with E-state index in [1.54, 1.807) is 6.20 Å². The van der Waals surface area contributed by atoms with Gasteiger partial charge in [0.25, 0.3) is 0 Å². The molecular formula is C13H19N5. The Balaban J connectivity index is 1.83. The molecule has 2 rings (SSSR count). The number of nitrogens with one attached hydrogen (secondary N) is 1. The number of pyridine rings is 1. The zero-order chi connectivity index (χ0) is 12.6. The van der Waals surface area contributed by atoms with Gasteiger partial charge in [0.1, 0.15) is 5.82 Å². The highest BCUT2D eigenvalue weighted by Crippen LogP contribution is 2.06. The Labute approximate surface area is 107 Å². The van der Waals surface area contributed by atoms with Crippen molar-refractivity contribution in [1.29, 1.82) is 0 Å². The van der Waals surface area contributed by atoms with Gasteiger partial charge in [-0.05, 0) is 31.0 Å². The average molecular weight is 245 g/mol. The number of H-pyrrole nitrogens is 1. The van der Waals surface area contributed by atoms with E-state index in [9.17, 15) is 0 Å². The second-order valence-corrected chi connectivity index (χ2v) is 4.34. The molecule has 5 nitrogen and oxygen atoms in total. The summed E-state index contributed by atoms with van der Waals surface area (Å²) in [6.45, 7) is 0.764. The summed E-state index contributed by atoms with van der Waals surface area (Å²) in [5.41, 5.74) is 6.60. The van der Waals surface area contributed by atoms with Crippen LogP contribution in [0.5, 0.6) is 0 Å². The number of aryl methyl sites for hydroxylation is 1. The van der Waals surface area contributed by atoms with E-state index in [1.807, 2.05) is 18.3 Å².